The van der Waals surface area contributed by atoms with Crippen LogP contribution in [-0.2, 0) is 4.79 Å². The van der Waals surface area contributed by atoms with E-state index in [1.807, 2.05) is 20.8 Å². The second-order valence-corrected chi connectivity index (χ2v) is 7.91. The van der Waals surface area contributed by atoms with Crippen molar-refractivity contribution in [2.24, 2.45) is 11.8 Å². The lowest BCUT2D eigenvalue weighted by Crippen LogP contribution is -2.51. The van der Waals surface area contributed by atoms with Gasteiger partial charge in [0, 0.05) is 17.7 Å². The molecule has 0 spiro atoms. The smallest absolute Gasteiger partial charge is 0.288 e. The highest BCUT2D eigenvalue weighted by atomic mass is 35.5. The van der Waals surface area contributed by atoms with E-state index in [0.29, 0.717) is 5.92 Å². The number of nitro groups is 1. The van der Waals surface area contributed by atoms with Gasteiger partial charge >= 0.3 is 0 Å². The Morgan fingerprint density at radius 2 is 1.74 bits per heavy atom. The van der Waals surface area contributed by atoms with Crippen molar-refractivity contribution >= 4 is 29.1 Å². The minimum atomic E-state index is -0.742. The van der Waals surface area contributed by atoms with Crippen LogP contribution in [0, 0.1) is 22.0 Å². The summed E-state index contributed by atoms with van der Waals surface area (Å²) >= 11 is 5.77. The van der Waals surface area contributed by atoms with Gasteiger partial charge in [-0.15, -0.1) is 0 Å². The molecule has 2 amide bonds. The molecule has 1 aromatic rings. The van der Waals surface area contributed by atoms with Crippen LogP contribution in [0.5, 0.6) is 0 Å². The first-order chi connectivity index (χ1) is 12.5. The Kier molecular flexibility index (Phi) is 8.69. The Labute approximate surface area is 165 Å². The van der Waals surface area contributed by atoms with Crippen molar-refractivity contribution in [3.63, 3.8) is 0 Å². The summed E-state index contributed by atoms with van der Waals surface area (Å²) in [7, 11) is 0. The Balaban J connectivity index is 2.84. The van der Waals surface area contributed by atoms with Crippen molar-refractivity contribution in [1.82, 2.24) is 10.6 Å². The number of nitrogens with one attached hydrogen (secondary N) is 2. The molecule has 0 aliphatic carbocycles. The number of halogens is 1. The molecule has 0 fully saturated rings. The first-order valence-electron chi connectivity index (χ1n) is 9.08. The number of nitrogens with zero attached hydrogens (tertiary/aromatic N) is 1. The molecular formula is C19H28ClN3O4. The van der Waals surface area contributed by atoms with Gasteiger partial charge in [-0.05, 0) is 43.7 Å². The number of hydrogen-bond donors (Lipinski definition) is 2. The Morgan fingerprint density at radius 3 is 2.26 bits per heavy atom. The van der Waals surface area contributed by atoms with E-state index in [9.17, 15) is 19.7 Å². The molecule has 0 bridgehead atoms. The first-order valence-corrected chi connectivity index (χ1v) is 9.45. The molecule has 0 saturated heterocycles. The number of hydrogen-bond acceptors (Lipinski definition) is 4. The molecule has 2 atom stereocenters. The summed E-state index contributed by atoms with van der Waals surface area (Å²) in [5, 5.41) is 16.5. The fourth-order valence-corrected chi connectivity index (χ4v) is 2.73. The van der Waals surface area contributed by atoms with E-state index in [1.165, 1.54) is 12.1 Å². The summed E-state index contributed by atoms with van der Waals surface area (Å²) in [4.78, 5) is 35.4. The van der Waals surface area contributed by atoms with Crippen LogP contribution < -0.4 is 10.6 Å². The lowest BCUT2D eigenvalue weighted by molar-refractivity contribution is -0.384. The van der Waals surface area contributed by atoms with Gasteiger partial charge in [-0.2, -0.15) is 0 Å². The zero-order chi connectivity index (χ0) is 20.7. The molecule has 27 heavy (non-hydrogen) atoms. The van der Waals surface area contributed by atoms with E-state index in [4.69, 9.17) is 11.6 Å². The molecule has 0 saturated carbocycles. The molecule has 0 heterocycles. The Morgan fingerprint density at radius 1 is 1.11 bits per heavy atom. The first kappa shape index (κ1) is 22.9. The van der Waals surface area contributed by atoms with Crippen molar-refractivity contribution in [2.75, 3.05) is 0 Å². The van der Waals surface area contributed by atoms with E-state index < -0.39 is 16.9 Å². The van der Waals surface area contributed by atoms with Gasteiger partial charge in [-0.25, -0.2) is 0 Å². The fourth-order valence-electron chi connectivity index (χ4n) is 2.54. The maximum absolute atomic E-state index is 12.6. The maximum Gasteiger partial charge on any atom is 0.288 e. The zero-order valence-electron chi connectivity index (χ0n) is 16.4. The summed E-state index contributed by atoms with van der Waals surface area (Å²) in [6.07, 6.45) is 1.85. The SMILES string of the molecule is CC(C)CCC(C)NC(=O)C(NC(=O)c1ccc(Cl)c([N+](=O)[O-])c1)C(C)C. The van der Waals surface area contributed by atoms with Crippen LogP contribution in [0.2, 0.25) is 5.02 Å². The molecular weight excluding hydrogens is 370 g/mol. The summed E-state index contributed by atoms with van der Waals surface area (Å²) in [6.45, 7) is 9.83. The number of nitro benzene ring substituents is 1. The molecule has 8 heteroatoms. The summed E-state index contributed by atoms with van der Waals surface area (Å²) in [5.74, 6) is -0.421. The summed E-state index contributed by atoms with van der Waals surface area (Å²) < 4.78 is 0. The normalized spacial score (nSPS) is 13.3. The minimum Gasteiger partial charge on any atom is -0.352 e. The third kappa shape index (κ3) is 7.17. The van der Waals surface area contributed by atoms with Crippen LogP contribution in [0.15, 0.2) is 18.2 Å². The van der Waals surface area contributed by atoms with Crippen LogP contribution in [-0.4, -0.2) is 28.8 Å². The minimum absolute atomic E-state index is 0.00493. The van der Waals surface area contributed by atoms with Gasteiger partial charge in [0.25, 0.3) is 11.6 Å². The van der Waals surface area contributed by atoms with Gasteiger partial charge in [0.1, 0.15) is 11.1 Å². The van der Waals surface area contributed by atoms with Gasteiger partial charge in [0.15, 0.2) is 0 Å². The van der Waals surface area contributed by atoms with Gasteiger partial charge in [0.2, 0.25) is 5.91 Å². The fraction of sp³-hybridized carbons (Fsp3) is 0.579. The standard InChI is InChI=1S/C19H28ClN3O4/c1-11(2)6-7-13(5)21-19(25)17(12(3)4)22-18(24)14-8-9-15(20)16(10-14)23(26)27/h8-13,17H,6-7H2,1-5H3,(H,21,25)(H,22,24). The van der Waals surface area contributed by atoms with Crippen molar-refractivity contribution in [3.05, 3.63) is 38.9 Å². The van der Waals surface area contributed by atoms with Gasteiger partial charge in [-0.1, -0.05) is 39.3 Å². The molecule has 7 nitrogen and oxygen atoms in total. The van der Waals surface area contributed by atoms with Crippen LogP contribution >= 0.6 is 11.6 Å². The predicted molar refractivity (Wildman–Crippen MR) is 106 cm³/mol. The quantitative estimate of drug-likeness (QED) is 0.486. The van der Waals surface area contributed by atoms with Crippen molar-refractivity contribution in [1.29, 1.82) is 0 Å². The van der Waals surface area contributed by atoms with Crippen LogP contribution in [0.3, 0.4) is 0 Å². The van der Waals surface area contributed by atoms with E-state index in [2.05, 4.69) is 24.5 Å². The number of amides is 2. The van der Waals surface area contributed by atoms with E-state index >= 15 is 0 Å². The van der Waals surface area contributed by atoms with Crippen molar-refractivity contribution < 1.29 is 14.5 Å². The average molecular weight is 398 g/mol. The third-order valence-corrected chi connectivity index (χ3v) is 4.53. The summed E-state index contributed by atoms with van der Waals surface area (Å²) in [5.41, 5.74) is -0.269. The van der Waals surface area contributed by atoms with E-state index in [-0.39, 0.29) is 34.1 Å². The lowest BCUT2D eigenvalue weighted by atomic mass is 10.0. The third-order valence-electron chi connectivity index (χ3n) is 4.21. The molecule has 0 aromatic heterocycles. The zero-order valence-corrected chi connectivity index (χ0v) is 17.2. The Hall–Kier alpha value is -2.15. The van der Waals surface area contributed by atoms with Crippen molar-refractivity contribution in [2.45, 2.75) is 59.5 Å². The highest BCUT2D eigenvalue weighted by Gasteiger charge is 2.26. The van der Waals surface area contributed by atoms with Crippen LogP contribution in [0.25, 0.3) is 0 Å². The average Bonchev–Trinajstić information content (AvgIpc) is 2.57. The van der Waals surface area contributed by atoms with Gasteiger partial charge < -0.3 is 10.6 Å². The largest absolute Gasteiger partial charge is 0.352 e. The number of rotatable bonds is 9. The lowest BCUT2D eigenvalue weighted by Gasteiger charge is -2.24. The second-order valence-electron chi connectivity index (χ2n) is 7.50. The number of carbonyl (C=O) groups excluding carboxylic acids is 2. The second kappa shape index (κ2) is 10.3. The molecule has 0 aliphatic rings. The molecule has 0 aliphatic heterocycles. The Bertz CT molecular complexity index is 692. The highest BCUT2D eigenvalue weighted by Crippen LogP contribution is 2.25. The van der Waals surface area contributed by atoms with E-state index in [1.54, 1.807) is 0 Å². The monoisotopic (exact) mass is 397 g/mol. The maximum atomic E-state index is 12.6. The molecule has 1 rings (SSSR count). The predicted octanol–water partition coefficient (Wildman–Crippen LogP) is 3.94. The number of carbonyl (C=O) groups is 2. The topological polar surface area (TPSA) is 101 Å². The van der Waals surface area contributed by atoms with Crippen molar-refractivity contribution in [3.8, 4) is 0 Å². The molecule has 0 radical (unpaired) electrons. The van der Waals surface area contributed by atoms with Crippen LogP contribution in [0.1, 0.15) is 57.8 Å². The number of benzene rings is 1. The highest BCUT2D eigenvalue weighted by molar-refractivity contribution is 6.32. The molecule has 1 aromatic carbocycles. The van der Waals surface area contributed by atoms with Gasteiger partial charge in [0.05, 0.1) is 4.92 Å². The summed E-state index contributed by atoms with van der Waals surface area (Å²) in [6, 6.07) is 3.06. The molecule has 2 unspecified atom stereocenters. The molecule has 2 N–H and O–H groups in total. The van der Waals surface area contributed by atoms with Crippen LogP contribution in [0.4, 0.5) is 5.69 Å². The van der Waals surface area contributed by atoms with Gasteiger partial charge in [-0.3, -0.25) is 19.7 Å². The van der Waals surface area contributed by atoms with E-state index in [0.717, 1.165) is 18.9 Å². The molecule has 150 valence electrons.